The third-order valence-corrected chi connectivity index (χ3v) is 5.54. The van der Waals surface area contributed by atoms with Crippen LogP contribution in [0.3, 0.4) is 0 Å². The number of benzene rings is 1. The van der Waals surface area contributed by atoms with E-state index in [1.807, 2.05) is 32.9 Å². The molecule has 19 heavy (non-hydrogen) atoms. The lowest BCUT2D eigenvalue weighted by Gasteiger charge is -2.11. The molecule has 0 amide bonds. The second kappa shape index (κ2) is 5.96. The maximum Gasteiger partial charge on any atom is 0.242 e. The summed E-state index contributed by atoms with van der Waals surface area (Å²) in [5.41, 5.74) is 3.61. The molecule has 3 heteroatoms. The lowest BCUT2D eigenvalue weighted by atomic mass is 10.0. The van der Waals surface area contributed by atoms with Crippen LogP contribution in [0.2, 0.25) is 0 Å². The van der Waals surface area contributed by atoms with Gasteiger partial charge >= 0.3 is 0 Å². The zero-order valence-corrected chi connectivity index (χ0v) is 12.9. The van der Waals surface area contributed by atoms with Gasteiger partial charge in [0.25, 0.3) is 0 Å². The molecular weight excluding hydrogens is 255 g/mol. The summed E-state index contributed by atoms with van der Waals surface area (Å²) in [6, 6.07) is 4.00. The molecule has 0 spiro atoms. The Morgan fingerprint density at radius 3 is 2.21 bits per heavy atom. The van der Waals surface area contributed by atoms with Crippen molar-refractivity contribution in [1.82, 2.24) is 0 Å². The van der Waals surface area contributed by atoms with Crippen LogP contribution >= 0.6 is 7.80 Å². The van der Waals surface area contributed by atoms with Gasteiger partial charge in [-0.2, -0.15) is 0 Å². The van der Waals surface area contributed by atoms with Crippen molar-refractivity contribution in [2.24, 2.45) is 5.92 Å². The Bertz CT molecular complexity index is 490. The summed E-state index contributed by atoms with van der Waals surface area (Å²) in [7, 11) is -1.76. The van der Waals surface area contributed by atoms with E-state index < -0.39 is 7.80 Å². The monoisotopic (exact) mass is 277 g/mol. The van der Waals surface area contributed by atoms with Crippen LogP contribution in [0, 0.1) is 26.7 Å². The van der Waals surface area contributed by atoms with Crippen LogP contribution in [0.15, 0.2) is 12.1 Å². The number of carbonyl (C=O) groups is 1. The van der Waals surface area contributed by atoms with Gasteiger partial charge in [-0.1, -0.05) is 30.5 Å². The molecule has 1 aromatic rings. The van der Waals surface area contributed by atoms with Gasteiger partial charge in [0, 0.05) is 11.7 Å². The third kappa shape index (κ3) is 3.30. The van der Waals surface area contributed by atoms with E-state index in [-0.39, 0.29) is 5.52 Å². The van der Waals surface area contributed by atoms with Crippen LogP contribution in [-0.2, 0) is 4.57 Å². The maximum absolute atomic E-state index is 12.4. The van der Waals surface area contributed by atoms with Crippen molar-refractivity contribution in [1.29, 1.82) is 0 Å². The van der Waals surface area contributed by atoms with Crippen LogP contribution in [0.5, 0.6) is 0 Å². The molecule has 1 fully saturated rings. The molecular formula is C16H22O2P. The average Bonchev–Trinajstić information content (AvgIpc) is 2.80. The first-order valence-corrected chi connectivity index (χ1v) is 8.50. The van der Waals surface area contributed by atoms with Crippen molar-refractivity contribution >= 4 is 13.3 Å². The van der Waals surface area contributed by atoms with Crippen LogP contribution in [0.4, 0.5) is 0 Å². The second-order valence-electron chi connectivity index (χ2n) is 5.79. The largest absolute Gasteiger partial charge is 0.281 e. The third-order valence-electron chi connectivity index (χ3n) is 4.02. The minimum absolute atomic E-state index is 0.142. The Morgan fingerprint density at radius 2 is 1.68 bits per heavy atom. The minimum atomic E-state index is -1.76. The fourth-order valence-corrected chi connectivity index (χ4v) is 4.75. The summed E-state index contributed by atoms with van der Waals surface area (Å²) in [6.45, 7) is 5.89. The Morgan fingerprint density at radius 1 is 1.16 bits per heavy atom. The predicted octanol–water partition coefficient (Wildman–Crippen LogP) is 4.77. The van der Waals surface area contributed by atoms with Gasteiger partial charge in [-0.25, -0.2) is 0 Å². The van der Waals surface area contributed by atoms with Gasteiger partial charge in [0.05, 0.1) is 0 Å². The summed E-state index contributed by atoms with van der Waals surface area (Å²) in [4.78, 5) is 12.4. The summed E-state index contributed by atoms with van der Waals surface area (Å²) in [5, 5.41) is 0. The highest BCUT2D eigenvalue weighted by Crippen LogP contribution is 2.37. The molecule has 103 valence electrons. The Hall–Kier alpha value is -1.01. The molecule has 1 aliphatic rings. The molecule has 0 N–H and O–H groups in total. The van der Waals surface area contributed by atoms with Crippen molar-refractivity contribution in [3.8, 4) is 0 Å². The van der Waals surface area contributed by atoms with Gasteiger partial charge in [0.2, 0.25) is 5.52 Å². The first-order valence-electron chi connectivity index (χ1n) is 7.06. The molecule has 0 aliphatic heterocycles. The quantitative estimate of drug-likeness (QED) is 0.743. The molecule has 1 aromatic carbocycles. The SMILES string of the molecule is Cc1cc(C)c(C(=O)[P](=O)CC2CCCC2)c(C)c1. The lowest BCUT2D eigenvalue weighted by Crippen LogP contribution is -2.06. The predicted molar refractivity (Wildman–Crippen MR) is 79.4 cm³/mol. The molecule has 2 nitrogen and oxygen atoms in total. The molecule has 1 unspecified atom stereocenters. The highest BCUT2D eigenvalue weighted by atomic mass is 31.1. The topological polar surface area (TPSA) is 34.1 Å². The Labute approximate surface area is 116 Å². The number of rotatable bonds is 4. The number of hydrogen-bond donors (Lipinski definition) is 0. The molecule has 1 saturated carbocycles. The Kier molecular flexibility index (Phi) is 4.52. The number of hydrogen-bond acceptors (Lipinski definition) is 2. The van der Waals surface area contributed by atoms with E-state index in [2.05, 4.69) is 0 Å². The molecule has 1 atom stereocenters. The van der Waals surface area contributed by atoms with Gasteiger partial charge in [-0.05, 0) is 50.7 Å². The van der Waals surface area contributed by atoms with Crippen molar-refractivity contribution in [2.45, 2.75) is 46.5 Å². The van der Waals surface area contributed by atoms with Gasteiger partial charge in [-0.15, -0.1) is 0 Å². The molecule has 1 radical (unpaired) electrons. The van der Waals surface area contributed by atoms with Gasteiger partial charge in [-0.3, -0.25) is 9.36 Å². The fourth-order valence-electron chi connectivity index (χ4n) is 3.15. The van der Waals surface area contributed by atoms with Crippen LogP contribution in [0.25, 0.3) is 0 Å². The standard InChI is InChI=1S/C16H22O2P/c1-11-8-12(2)15(13(3)9-11)16(17)19(18)10-14-6-4-5-7-14/h8-9,14H,4-7,10H2,1-3H3. The molecule has 0 aromatic heterocycles. The van der Waals surface area contributed by atoms with E-state index in [4.69, 9.17) is 0 Å². The molecule has 0 saturated heterocycles. The lowest BCUT2D eigenvalue weighted by molar-refractivity contribution is 0.107. The van der Waals surface area contributed by atoms with Gasteiger partial charge in [0.1, 0.15) is 7.80 Å². The van der Waals surface area contributed by atoms with E-state index in [1.54, 1.807) is 0 Å². The van der Waals surface area contributed by atoms with E-state index in [0.717, 1.165) is 29.5 Å². The van der Waals surface area contributed by atoms with Crippen LogP contribution in [-0.4, -0.2) is 11.7 Å². The summed E-state index contributed by atoms with van der Waals surface area (Å²) in [5.74, 6) is 0.499. The zero-order valence-electron chi connectivity index (χ0n) is 12.0. The van der Waals surface area contributed by atoms with Gasteiger partial charge < -0.3 is 0 Å². The van der Waals surface area contributed by atoms with Gasteiger partial charge in [0.15, 0.2) is 0 Å². The molecule has 1 aliphatic carbocycles. The van der Waals surface area contributed by atoms with Crippen molar-refractivity contribution in [3.05, 3.63) is 34.4 Å². The highest BCUT2D eigenvalue weighted by molar-refractivity contribution is 7.64. The first-order chi connectivity index (χ1) is 8.99. The molecule has 2 rings (SSSR count). The van der Waals surface area contributed by atoms with E-state index in [9.17, 15) is 9.36 Å². The summed E-state index contributed by atoms with van der Waals surface area (Å²) in [6.07, 6.45) is 5.32. The number of carbonyl (C=O) groups excluding carboxylic acids is 1. The van der Waals surface area contributed by atoms with Crippen molar-refractivity contribution < 1.29 is 9.36 Å². The first kappa shape index (κ1) is 14.4. The van der Waals surface area contributed by atoms with Crippen molar-refractivity contribution in [3.63, 3.8) is 0 Å². The Balaban J connectivity index is 2.17. The van der Waals surface area contributed by atoms with E-state index in [1.165, 1.54) is 12.8 Å². The summed E-state index contributed by atoms with van der Waals surface area (Å²) >= 11 is 0. The van der Waals surface area contributed by atoms with E-state index in [0.29, 0.717) is 17.6 Å². The second-order valence-corrected chi connectivity index (χ2v) is 7.32. The number of aryl methyl sites for hydroxylation is 3. The maximum atomic E-state index is 12.4. The normalized spacial score (nSPS) is 16.7. The smallest absolute Gasteiger partial charge is 0.242 e. The van der Waals surface area contributed by atoms with Crippen LogP contribution < -0.4 is 0 Å². The van der Waals surface area contributed by atoms with Crippen LogP contribution in [0.1, 0.15) is 52.7 Å². The fraction of sp³-hybridized carbons (Fsp3) is 0.562. The summed E-state index contributed by atoms with van der Waals surface area (Å²) < 4.78 is 12.3. The highest BCUT2D eigenvalue weighted by Gasteiger charge is 2.24. The average molecular weight is 277 g/mol. The molecule has 0 bridgehead atoms. The minimum Gasteiger partial charge on any atom is -0.281 e. The van der Waals surface area contributed by atoms with E-state index >= 15 is 0 Å². The van der Waals surface area contributed by atoms with Crippen molar-refractivity contribution in [2.75, 3.05) is 6.16 Å². The molecule has 0 heterocycles. The zero-order chi connectivity index (χ0) is 14.0.